The Labute approximate surface area is 193 Å². The molecular weight excluding hydrogens is 390 g/mol. The van der Waals surface area contributed by atoms with E-state index in [1.54, 1.807) is 0 Å². The van der Waals surface area contributed by atoms with Gasteiger partial charge in [-0.15, -0.1) is 0 Å². The van der Waals surface area contributed by atoms with Crippen LogP contribution in [0.2, 0.25) is 0 Å². The molecule has 2 aliphatic rings. The van der Waals surface area contributed by atoms with Crippen molar-refractivity contribution in [2.45, 2.75) is 58.0 Å². The molecule has 0 unspecified atom stereocenters. The summed E-state index contributed by atoms with van der Waals surface area (Å²) < 4.78 is 0. The van der Waals surface area contributed by atoms with E-state index in [2.05, 4.69) is 66.5 Å². The van der Waals surface area contributed by atoms with Crippen molar-refractivity contribution in [2.24, 2.45) is 0 Å². The number of fused-ring (bicyclic) bond motifs is 1. The first kappa shape index (κ1) is 22.5. The lowest BCUT2D eigenvalue weighted by Crippen LogP contribution is -2.28. The summed E-state index contributed by atoms with van der Waals surface area (Å²) in [5.74, 6) is 0. The fourth-order valence-electron chi connectivity index (χ4n) is 4.82. The molecular formula is C29H35N3. The minimum Gasteiger partial charge on any atom is -0.314 e. The van der Waals surface area contributed by atoms with Gasteiger partial charge in [-0.05, 0) is 105 Å². The number of hydrogen-bond acceptors (Lipinski definition) is 3. The molecule has 2 aliphatic heterocycles. The molecule has 5 rings (SSSR count). The third-order valence-corrected chi connectivity index (χ3v) is 6.94. The van der Waals surface area contributed by atoms with Crippen LogP contribution in [-0.4, -0.2) is 36.6 Å². The fraction of sp³-hybridized carbons (Fsp3) is 0.414. The lowest BCUT2D eigenvalue weighted by Gasteiger charge is -2.20. The van der Waals surface area contributed by atoms with Gasteiger partial charge in [-0.25, -0.2) is 0 Å². The van der Waals surface area contributed by atoms with Gasteiger partial charge in [0.15, 0.2) is 0 Å². The highest BCUT2D eigenvalue weighted by molar-refractivity contribution is 5.87. The van der Waals surface area contributed by atoms with Crippen LogP contribution < -0.4 is 5.32 Å². The van der Waals surface area contributed by atoms with Crippen molar-refractivity contribution in [1.29, 1.82) is 5.26 Å². The zero-order valence-corrected chi connectivity index (χ0v) is 19.5. The predicted molar refractivity (Wildman–Crippen MR) is 135 cm³/mol. The van der Waals surface area contributed by atoms with E-state index in [0.29, 0.717) is 5.56 Å². The van der Waals surface area contributed by atoms with Gasteiger partial charge >= 0.3 is 0 Å². The Morgan fingerprint density at radius 3 is 2.28 bits per heavy atom. The van der Waals surface area contributed by atoms with Gasteiger partial charge in [-0.2, -0.15) is 5.26 Å². The van der Waals surface area contributed by atoms with Gasteiger partial charge in [-0.3, -0.25) is 0 Å². The van der Waals surface area contributed by atoms with Crippen molar-refractivity contribution in [3.05, 3.63) is 71.8 Å². The van der Waals surface area contributed by atoms with E-state index in [0.717, 1.165) is 30.6 Å². The first-order valence-corrected chi connectivity index (χ1v) is 12.1. The molecule has 2 fully saturated rings. The molecule has 0 bridgehead atoms. The normalized spacial score (nSPS) is 20.7. The summed E-state index contributed by atoms with van der Waals surface area (Å²) in [6, 6.07) is 25.0. The molecule has 0 amide bonds. The van der Waals surface area contributed by atoms with Gasteiger partial charge in [0.25, 0.3) is 0 Å². The molecule has 0 radical (unpaired) electrons. The standard InChI is InChI=1S/C24H24N2.C5H11N/c1-18-3-2-13-26(18)14-12-19-4-9-24-16-23(11-10-22(24)15-19)21-7-5-20(17-25)6-8-21;1-5-3-2-4-6-5/h4-11,15-16,18H,2-3,12-14H2,1H3;5-6H,2-4H2,1H3/t18-;5-/m00/s1. The Balaban J connectivity index is 0.000000354. The van der Waals surface area contributed by atoms with Gasteiger partial charge in [0, 0.05) is 18.6 Å². The molecule has 3 nitrogen and oxygen atoms in total. The average Bonchev–Trinajstić information content (AvgIpc) is 3.48. The fourth-order valence-corrected chi connectivity index (χ4v) is 4.82. The number of nitrogens with one attached hydrogen (secondary N) is 1. The van der Waals surface area contributed by atoms with E-state index < -0.39 is 0 Å². The molecule has 3 aromatic carbocycles. The van der Waals surface area contributed by atoms with Crippen LogP contribution in [0.4, 0.5) is 0 Å². The Kier molecular flexibility index (Phi) is 7.58. The SMILES string of the molecule is C[C@H]1CCCN1.C[C@H]1CCCN1CCc1ccc2cc(-c3ccc(C#N)cc3)ccc2c1. The lowest BCUT2D eigenvalue weighted by molar-refractivity contribution is 0.272. The molecule has 2 atom stereocenters. The molecule has 0 aliphatic carbocycles. The highest BCUT2D eigenvalue weighted by atomic mass is 15.2. The van der Waals surface area contributed by atoms with Gasteiger partial charge < -0.3 is 10.2 Å². The van der Waals surface area contributed by atoms with Crippen LogP contribution in [0, 0.1) is 11.3 Å². The summed E-state index contributed by atoms with van der Waals surface area (Å²) in [6.45, 7) is 8.23. The maximum atomic E-state index is 8.94. The molecule has 0 aromatic heterocycles. The van der Waals surface area contributed by atoms with E-state index in [1.807, 2.05) is 24.3 Å². The Bertz CT molecular complexity index is 1060. The van der Waals surface area contributed by atoms with E-state index in [9.17, 15) is 0 Å². The smallest absolute Gasteiger partial charge is 0.0991 e. The van der Waals surface area contributed by atoms with Crippen LogP contribution in [0.25, 0.3) is 21.9 Å². The second-order valence-corrected chi connectivity index (χ2v) is 9.36. The molecule has 3 aromatic rings. The highest BCUT2D eigenvalue weighted by Gasteiger charge is 2.19. The first-order chi connectivity index (χ1) is 15.6. The van der Waals surface area contributed by atoms with Crippen LogP contribution in [0.3, 0.4) is 0 Å². The number of nitrogens with zero attached hydrogens (tertiary/aromatic N) is 2. The maximum absolute atomic E-state index is 8.94. The van der Waals surface area contributed by atoms with Crippen molar-refractivity contribution in [1.82, 2.24) is 10.2 Å². The third-order valence-electron chi connectivity index (χ3n) is 6.94. The van der Waals surface area contributed by atoms with E-state index in [-0.39, 0.29) is 0 Å². The lowest BCUT2D eigenvalue weighted by atomic mass is 9.98. The summed E-state index contributed by atoms with van der Waals surface area (Å²) in [7, 11) is 0. The highest BCUT2D eigenvalue weighted by Crippen LogP contribution is 2.26. The summed E-state index contributed by atoms with van der Waals surface area (Å²) in [6.07, 6.45) is 6.56. The molecule has 1 N–H and O–H groups in total. The van der Waals surface area contributed by atoms with Crippen molar-refractivity contribution in [3.63, 3.8) is 0 Å². The van der Waals surface area contributed by atoms with Crippen LogP contribution in [-0.2, 0) is 6.42 Å². The van der Waals surface area contributed by atoms with Crippen molar-refractivity contribution in [2.75, 3.05) is 19.6 Å². The first-order valence-electron chi connectivity index (χ1n) is 12.1. The van der Waals surface area contributed by atoms with Gasteiger partial charge in [-0.1, -0.05) is 42.5 Å². The van der Waals surface area contributed by atoms with Gasteiger partial charge in [0.1, 0.15) is 0 Å². The monoisotopic (exact) mass is 425 g/mol. The van der Waals surface area contributed by atoms with E-state index in [1.165, 1.54) is 60.7 Å². The molecule has 32 heavy (non-hydrogen) atoms. The van der Waals surface area contributed by atoms with Crippen molar-refractivity contribution >= 4 is 10.8 Å². The number of benzene rings is 3. The van der Waals surface area contributed by atoms with Crippen LogP contribution in [0.1, 0.15) is 50.7 Å². The number of likely N-dealkylation sites (tertiary alicyclic amines) is 1. The van der Waals surface area contributed by atoms with Gasteiger partial charge in [0.05, 0.1) is 11.6 Å². The van der Waals surface area contributed by atoms with Crippen LogP contribution >= 0.6 is 0 Å². The third kappa shape index (κ3) is 5.76. The molecule has 2 heterocycles. The summed E-state index contributed by atoms with van der Waals surface area (Å²) >= 11 is 0. The second kappa shape index (κ2) is 10.8. The van der Waals surface area contributed by atoms with Crippen LogP contribution in [0.15, 0.2) is 60.7 Å². The van der Waals surface area contributed by atoms with Crippen LogP contribution in [0.5, 0.6) is 0 Å². The molecule has 3 heteroatoms. The molecule has 2 saturated heterocycles. The molecule has 0 saturated carbocycles. The molecule has 0 spiro atoms. The second-order valence-electron chi connectivity index (χ2n) is 9.36. The van der Waals surface area contributed by atoms with Gasteiger partial charge in [0.2, 0.25) is 0 Å². The summed E-state index contributed by atoms with van der Waals surface area (Å²) in [5, 5.41) is 14.8. The maximum Gasteiger partial charge on any atom is 0.0991 e. The number of nitriles is 1. The zero-order chi connectivity index (χ0) is 22.3. The zero-order valence-electron chi connectivity index (χ0n) is 19.5. The Morgan fingerprint density at radius 2 is 1.66 bits per heavy atom. The summed E-state index contributed by atoms with van der Waals surface area (Å²) in [4.78, 5) is 2.61. The topological polar surface area (TPSA) is 39.1 Å². The quantitative estimate of drug-likeness (QED) is 0.544. The van der Waals surface area contributed by atoms with E-state index >= 15 is 0 Å². The Morgan fingerprint density at radius 1 is 0.906 bits per heavy atom. The largest absolute Gasteiger partial charge is 0.314 e. The Hall–Kier alpha value is -2.67. The van der Waals surface area contributed by atoms with E-state index in [4.69, 9.17) is 5.26 Å². The minimum absolute atomic E-state index is 0.700. The van der Waals surface area contributed by atoms with Crippen molar-refractivity contribution < 1.29 is 0 Å². The number of hydrogen-bond donors (Lipinski definition) is 1. The average molecular weight is 426 g/mol. The number of rotatable bonds is 4. The molecule has 166 valence electrons. The predicted octanol–water partition coefficient (Wildman–Crippen LogP) is 6.16. The minimum atomic E-state index is 0.700. The summed E-state index contributed by atoms with van der Waals surface area (Å²) in [5.41, 5.74) is 4.47. The van der Waals surface area contributed by atoms with Crippen molar-refractivity contribution in [3.8, 4) is 17.2 Å².